The van der Waals surface area contributed by atoms with Crippen molar-refractivity contribution in [1.29, 1.82) is 0 Å². The molecular formula is C13H13BrFNO. The fourth-order valence-corrected chi connectivity index (χ4v) is 2.17. The summed E-state index contributed by atoms with van der Waals surface area (Å²) >= 11 is 3.20. The van der Waals surface area contributed by atoms with Gasteiger partial charge in [0, 0.05) is 18.0 Å². The fourth-order valence-electron chi connectivity index (χ4n) is 1.79. The molecule has 0 saturated heterocycles. The molecule has 2 aromatic rings. The molecule has 0 aliphatic rings. The van der Waals surface area contributed by atoms with Gasteiger partial charge >= 0.3 is 0 Å². The Bertz CT molecular complexity index is 484. The van der Waals surface area contributed by atoms with Crippen molar-refractivity contribution in [3.63, 3.8) is 0 Å². The molecule has 90 valence electrons. The highest BCUT2D eigenvalue weighted by Crippen LogP contribution is 2.26. The van der Waals surface area contributed by atoms with Crippen LogP contribution in [0.15, 0.2) is 45.5 Å². The van der Waals surface area contributed by atoms with E-state index in [4.69, 9.17) is 4.42 Å². The summed E-state index contributed by atoms with van der Waals surface area (Å²) in [5.74, 6) is 0.613. The molecule has 1 atom stereocenters. The van der Waals surface area contributed by atoms with Gasteiger partial charge in [-0.25, -0.2) is 4.39 Å². The van der Waals surface area contributed by atoms with Crippen LogP contribution in [0.2, 0.25) is 0 Å². The molecule has 1 unspecified atom stereocenters. The molecule has 2 rings (SSSR count). The number of benzene rings is 1. The molecule has 4 heteroatoms. The summed E-state index contributed by atoms with van der Waals surface area (Å²) < 4.78 is 19.7. The highest BCUT2D eigenvalue weighted by Gasteiger charge is 2.17. The van der Waals surface area contributed by atoms with Crippen LogP contribution in [0.25, 0.3) is 0 Å². The zero-order valence-electron chi connectivity index (χ0n) is 9.41. The van der Waals surface area contributed by atoms with Crippen molar-refractivity contribution < 1.29 is 8.81 Å². The van der Waals surface area contributed by atoms with E-state index >= 15 is 0 Å². The number of rotatable bonds is 4. The minimum absolute atomic E-state index is 0.0985. The van der Waals surface area contributed by atoms with Crippen LogP contribution in [0, 0.1) is 5.82 Å². The van der Waals surface area contributed by atoms with E-state index in [-0.39, 0.29) is 11.9 Å². The monoisotopic (exact) mass is 297 g/mol. The number of likely N-dealkylation sites (N-methyl/N-ethyl adjacent to an activating group) is 1. The lowest BCUT2D eigenvalue weighted by Crippen LogP contribution is -2.20. The minimum Gasteiger partial charge on any atom is -0.469 e. The highest BCUT2D eigenvalue weighted by molar-refractivity contribution is 9.10. The SMILES string of the molecule is CNC(Cc1ccco1)c1cccc(Br)c1F. The van der Waals surface area contributed by atoms with Crippen LogP contribution in [0.4, 0.5) is 4.39 Å². The van der Waals surface area contributed by atoms with E-state index < -0.39 is 0 Å². The van der Waals surface area contributed by atoms with Crippen molar-refractivity contribution in [2.24, 2.45) is 0 Å². The molecule has 0 bridgehead atoms. The second-order valence-electron chi connectivity index (χ2n) is 3.77. The van der Waals surface area contributed by atoms with Crippen LogP contribution in [0.1, 0.15) is 17.4 Å². The summed E-state index contributed by atoms with van der Waals surface area (Å²) in [6.45, 7) is 0. The molecular weight excluding hydrogens is 285 g/mol. The van der Waals surface area contributed by atoms with E-state index in [1.165, 1.54) is 0 Å². The van der Waals surface area contributed by atoms with Gasteiger partial charge in [0.1, 0.15) is 11.6 Å². The summed E-state index contributed by atoms with van der Waals surface area (Å²) in [5, 5.41) is 3.10. The van der Waals surface area contributed by atoms with Crippen molar-refractivity contribution in [3.05, 3.63) is 58.2 Å². The Balaban J connectivity index is 2.26. The van der Waals surface area contributed by atoms with Crippen molar-refractivity contribution in [2.75, 3.05) is 7.05 Å². The molecule has 0 aliphatic carbocycles. The Hall–Kier alpha value is -1.13. The number of halogens is 2. The van der Waals surface area contributed by atoms with Gasteiger partial charge in [-0.3, -0.25) is 0 Å². The van der Waals surface area contributed by atoms with Crippen LogP contribution in [0.5, 0.6) is 0 Å². The lowest BCUT2D eigenvalue weighted by molar-refractivity contribution is 0.455. The number of furan rings is 1. The largest absolute Gasteiger partial charge is 0.469 e. The Morgan fingerprint density at radius 2 is 2.18 bits per heavy atom. The molecule has 0 spiro atoms. The molecule has 1 N–H and O–H groups in total. The van der Waals surface area contributed by atoms with E-state index in [0.29, 0.717) is 16.5 Å². The predicted molar refractivity (Wildman–Crippen MR) is 68.3 cm³/mol. The van der Waals surface area contributed by atoms with E-state index in [0.717, 1.165) is 5.76 Å². The van der Waals surface area contributed by atoms with Crippen LogP contribution >= 0.6 is 15.9 Å². The lowest BCUT2D eigenvalue weighted by Gasteiger charge is -2.16. The van der Waals surface area contributed by atoms with E-state index in [2.05, 4.69) is 21.2 Å². The van der Waals surface area contributed by atoms with Crippen LogP contribution in [-0.2, 0) is 6.42 Å². The van der Waals surface area contributed by atoms with Gasteiger partial charge in [-0.2, -0.15) is 0 Å². The summed E-state index contributed by atoms with van der Waals surface area (Å²) in [7, 11) is 1.81. The fraction of sp³-hybridized carbons (Fsp3) is 0.231. The Morgan fingerprint density at radius 1 is 1.35 bits per heavy atom. The minimum atomic E-state index is -0.224. The average Bonchev–Trinajstić information content (AvgIpc) is 2.83. The third kappa shape index (κ3) is 2.76. The van der Waals surface area contributed by atoms with E-state index in [1.807, 2.05) is 25.2 Å². The van der Waals surface area contributed by atoms with Crippen molar-refractivity contribution >= 4 is 15.9 Å². The van der Waals surface area contributed by atoms with Crippen molar-refractivity contribution in [3.8, 4) is 0 Å². The molecule has 2 nitrogen and oxygen atoms in total. The maximum atomic E-state index is 13.9. The first-order chi connectivity index (χ1) is 8.22. The Labute approximate surface area is 108 Å². The van der Waals surface area contributed by atoms with Crippen LogP contribution in [-0.4, -0.2) is 7.05 Å². The molecule has 1 aromatic heterocycles. The summed E-state index contributed by atoms with van der Waals surface area (Å²) in [6.07, 6.45) is 2.25. The van der Waals surface area contributed by atoms with Gasteiger partial charge in [-0.05, 0) is 41.2 Å². The summed E-state index contributed by atoms with van der Waals surface area (Å²) in [5.41, 5.74) is 0.637. The molecule has 1 aromatic carbocycles. The van der Waals surface area contributed by atoms with E-state index in [1.54, 1.807) is 18.4 Å². The zero-order valence-corrected chi connectivity index (χ0v) is 11.0. The highest BCUT2D eigenvalue weighted by atomic mass is 79.9. The molecule has 17 heavy (non-hydrogen) atoms. The maximum absolute atomic E-state index is 13.9. The summed E-state index contributed by atoms with van der Waals surface area (Å²) in [6, 6.07) is 8.93. The van der Waals surface area contributed by atoms with Gasteiger partial charge in [0.15, 0.2) is 0 Å². The van der Waals surface area contributed by atoms with Gasteiger partial charge in [0.2, 0.25) is 0 Å². The second-order valence-corrected chi connectivity index (χ2v) is 4.62. The van der Waals surface area contributed by atoms with Gasteiger partial charge in [0.25, 0.3) is 0 Å². The quantitative estimate of drug-likeness (QED) is 0.931. The maximum Gasteiger partial charge on any atom is 0.142 e. The first-order valence-electron chi connectivity index (χ1n) is 5.36. The molecule has 0 radical (unpaired) electrons. The third-order valence-electron chi connectivity index (χ3n) is 2.69. The zero-order chi connectivity index (χ0) is 12.3. The van der Waals surface area contributed by atoms with Gasteiger partial charge in [-0.15, -0.1) is 0 Å². The Kier molecular flexibility index (Phi) is 3.97. The smallest absolute Gasteiger partial charge is 0.142 e. The van der Waals surface area contributed by atoms with Gasteiger partial charge in [-0.1, -0.05) is 12.1 Å². The molecule has 0 aliphatic heterocycles. The topological polar surface area (TPSA) is 25.2 Å². The molecule has 0 amide bonds. The van der Waals surface area contributed by atoms with Gasteiger partial charge in [0.05, 0.1) is 10.7 Å². The predicted octanol–water partition coefficient (Wildman–Crippen LogP) is 3.68. The summed E-state index contributed by atoms with van der Waals surface area (Å²) in [4.78, 5) is 0. The lowest BCUT2D eigenvalue weighted by atomic mass is 10.0. The molecule has 0 fully saturated rings. The molecule has 1 heterocycles. The number of hydrogen-bond donors (Lipinski definition) is 1. The van der Waals surface area contributed by atoms with Crippen molar-refractivity contribution in [1.82, 2.24) is 5.32 Å². The molecule has 0 saturated carbocycles. The van der Waals surface area contributed by atoms with E-state index in [9.17, 15) is 4.39 Å². The van der Waals surface area contributed by atoms with Crippen molar-refractivity contribution in [2.45, 2.75) is 12.5 Å². The standard InChI is InChI=1S/C13H13BrFNO/c1-16-12(8-9-4-3-7-17-9)10-5-2-6-11(14)13(10)15/h2-7,12,16H,8H2,1H3. The van der Waals surface area contributed by atoms with Gasteiger partial charge < -0.3 is 9.73 Å². The number of nitrogens with one attached hydrogen (secondary N) is 1. The first-order valence-corrected chi connectivity index (χ1v) is 6.15. The first kappa shape index (κ1) is 12.3. The Morgan fingerprint density at radius 3 is 2.82 bits per heavy atom. The second kappa shape index (κ2) is 5.47. The van der Waals surface area contributed by atoms with Crippen LogP contribution in [0.3, 0.4) is 0 Å². The average molecular weight is 298 g/mol. The number of hydrogen-bond acceptors (Lipinski definition) is 2. The normalized spacial score (nSPS) is 12.6. The third-order valence-corrected chi connectivity index (χ3v) is 3.30. The van der Waals surface area contributed by atoms with Crippen LogP contribution < -0.4 is 5.32 Å².